The summed E-state index contributed by atoms with van der Waals surface area (Å²) in [6.45, 7) is 0. The van der Waals surface area contributed by atoms with Gasteiger partial charge >= 0.3 is 0 Å². The molecule has 93 heavy (non-hydrogen) atoms. The predicted molar refractivity (Wildman–Crippen MR) is 390 cm³/mol. The first-order valence-electron chi connectivity index (χ1n) is 32.2. The molecule has 434 valence electrons. The van der Waals surface area contributed by atoms with Crippen molar-refractivity contribution < 1.29 is 0 Å². The van der Waals surface area contributed by atoms with E-state index in [2.05, 4.69) is 373 Å². The van der Waals surface area contributed by atoms with Crippen molar-refractivity contribution in [3.8, 4) is 100 Å². The summed E-state index contributed by atoms with van der Waals surface area (Å²) in [6.07, 6.45) is 0. The Bertz CT molecular complexity index is 5680. The molecule has 0 amide bonds. The van der Waals surface area contributed by atoms with E-state index in [0.717, 1.165) is 11.4 Å². The maximum absolute atomic E-state index is 2.45. The molecule has 17 aromatic rings. The van der Waals surface area contributed by atoms with Gasteiger partial charge in [-0.25, -0.2) is 0 Å². The molecule has 0 fully saturated rings. The van der Waals surface area contributed by atoms with Gasteiger partial charge in [-0.15, -0.1) is 0 Å². The Kier molecular flexibility index (Phi) is 12.8. The standard InChI is InChI=1S/C91H60N2/c1-3-22-61(23-4-1)68-27-20-30-73(57-68)92-87-42-17-12-37-80(87)82-59-70(52-54-89(82)92)71-53-55-90-83(60-71)81-38-13-18-43-88(81)93(90)74-31-21-28-69(58-74)65-50-46-63(47-51-65)62-44-48-64(49-45-62)67-26-19-29-72(56-67)91(85-40-15-10-35-78(85)79-36-11-16-41-86(79)91)84-39-14-9-34-77(84)76-33-8-7-32-75(76)66-24-5-2-6-25-66/h1-60H. The SMILES string of the molecule is c1ccc(-c2cccc(-n3c4ccccc4c4cc(-c5ccc6c(c5)c5ccccc5n6-c5cccc(-c6ccc(-c7ccc(-c8cccc(C9(c%10ccccc%10-c%10ccccc%10-c%10ccccc%10)c%10ccccc%10-c%10ccccc%109)c8)cc7)cc6)c5)ccc43)c2)cc1. The monoisotopic (exact) mass is 1180 g/mol. The minimum Gasteiger partial charge on any atom is -0.309 e. The van der Waals surface area contributed by atoms with E-state index in [4.69, 9.17) is 0 Å². The Balaban J connectivity index is 0.654. The maximum atomic E-state index is 2.45. The molecule has 0 unspecified atom stereocenters. The molecule has 15 aromatic carbocycles. The van der Waals surface area contributed by atoms with E-state index in [0.29, 0.717) is 0 Å². The zero-order valence-electron chi connectivity index (χ0n) is 51.0. The second-order valence-corrected chi connectivity index (χ2v) is 24.7. The Hall–Kier alpha value is -12.1. The van der Waals surface area contributed by atoms with Gasteiger partial charge in [-0.2, -0.15) is 0 Å². The Labute approximate surface area is 541 Å². The number of aromatic nitrogens is 2. The smallest absolute Gasteiger partial charge is 0.0719 e. The van der Waals surface area contributed by atoms with Gasteiger partial charge in [0.25, 0.3) is 0 Å². The summed E-state index contributed by atoms with van der Waals surface area (Å²) in [7, 11) is 0. The van der Waals surface area contributed by atoms with Gasteiger partial charge in [-0.05, 0) is 178 Å². The largest absolute Gasteiger partial charge is 0.309 e. The summed E-state index contributed by atoms with van der Waals surface area (Å²) in [4.78, 5) is 0. The van der Waals surface area contributed by atoms with Crippen LogP contribution < -0.4 is 0 Å². The van der Waals surface area contributed by atoms with Crippen LogP contribution in [-0.4, -0.2) is 9.13 Å². The van der Waals surface area contributed by atoms with E-state index >= 15 is 0 Å². The van der Waals surface area contributed by atoms with Crippen LogP contribution in [0.1, 0.15) is 22.3 Å². The average Bonchev–Trinajstić information content (AvgIpc) is 1.59. The lowest BCUT2D eigenvalue weighted by atomic mass is 9.65. The molecule has 0 bridgehead atoms. The molecule has 0 aliphatic heterocycles. The normalized spacial score (nSPS) is 12.4. The number of benzene rings is 15. The molecule has 1 aliphatic carbocycles. The highest BCUT2D eigenvalue weighted by Gasteiger charge is 2.47. The predicted octanol–water partition coefficient (Wildman–Crippen LogP) is 23.9. The molecule has 0 N–H and O–H groups in total. The zero-order chi connectivity index (χ0) is 61.4. The fourth-order valence-electron chi connectivity index (χ4n) is 15.4. The minimum absolute atomic E-state index is 0.598. The molecule has 1 aliphatic rings. The minimum atomic E-state index is -0.598. The van der Waals surface area contributed by atoms with E-state index < -0.39 is 5.41 Å². The van der Waals surface area contributed by atoms with Crippen molar-refractivity contribution in [2.75, 3.05) is 0 Å². The number of hydrogen-bond acceptors (Lipinski definition) is 0. The highest BCUT2D eigenvalue weighted by atomic mass is 15.0. The second-order valence-electron chi connectivity index (χ2n) is 24.7. The van der Waals surface area contributed by atoms with Gasteiger partial charge in [-0.3, -0.25) is 0 Å². The van der Waals surface area contributed by atoms with Gasteiger partial charge in [0.15, 0.2) is 0 Å². The summed E-state index contributed by atoms with van der Waals surface area (Å²) in [5.41, 5.74) is 30.8. The van der Waals surface area contributed by atoms with Gasteiger partial charge in [-0.1, -0.05) is 297 Å². The van der Waals surface area contributed by atoms with Gasteiger partial charge < -0.3 is 9.13 Å². The quantitative estimate of drug-likeness (QED) is 0.122. The van der Waals surface area contributed by atoms with E-state index in [9.17, 15) is 0 Å². The molecule has 2 heteroatoms. The molecule has 2 aromatic heterocycles. The van der Waals surface area contributed by atoms with Crippen molar-refractivity contribution in [3.63, 3.8) is 0 Å². The lowest BCUT2D eigenvalue weighted by Crippen LogP contribution is -2.29. The molecular formula is C91H60N2. The van der Waals surface area contributed by atoms with Crippen LogP contribution in [-0.2, 0) is 5.41 Å². The van der Waals surface area contributed by atoms with E-state index in [1.807, 2.05) is 0 Å². The maximum Gasteiger partial charge on any atom is 0.0719 e. The average molecular weight is 1180 g/mol. The van der Waals surface area contributed by atoms with Crippen molar-refractivity contribution >= 4 is 43.6 Å². The molecule has 0 saturated heterocycles. The highest BCUT2D eigenvalue weighted by Crippen LogP contribution is 2.58. The van der Waals surface area contributed by atoms with Crippen LogP contribution in [0, 0.1) is 0 Å². The molecule has 2 nitrogen and oxygen atoms in total. The van der Waals surface area contributed by atoms with Crippen LogP contribution in [0.4, 0.5) is 0 Å². The molecule has 0 saturated carbocycles. The molecule has 18 rings (SSSR count). The summed E-state index contributed by atoms with van der Waals surface area (Å²) in [5.74, 6) is 0. The fraction of sp³-hybridized carbons (Fsp3) is 0.0110. The van der Waals surface area contributed by atoms with Crippen molar-refractivity contribution in [2.45, 2.75) is 5.41 Å². The summed E-state index contributed by atoms with van der Waals surface area (Å²) in [6, 6.07) is 135. The number of hydrogen-bond donors (Lipinski definition) is 0. The Morgan fingerprint density at radius 2 is 0.484 bits per heavy atom. The van der Waals surface area contributed by atoms with Gasteiger partial charge in [0, 0.05) is 32.9 Å². The van der Waals surface area contributed by atoms with Crippen LogP contribution in [0.5, 0.6) is 0 Å². The number of para-hydroxylation sites is 2. The molecule has 2 heterocycles. The van der Waals surface area contributed by atoms with E-state index in [-0.39, 0.29) is 0 Å². The number of nitrogens with zero attached hydrogens (tertiary/aromatic N) is 2. The second kappa shape index (κ2) is 22.1. The van der Waals surface area contributed by atoms with Crippen molar-refractivity contribution in [2.24, 2.45) is 0 Å². The molecular weight excluding hydrogens is 1120 g/mol. The van der Waals surface area contributed by atoms with Crippen LogP contribution in [0.25, 0.3) is 144 Å². The first-order chi connectivity index (χ1) is 46.1. The highest BCUT2D eigenvalue weighted by molar-refractivity contribution is 6.13. The first kappa shape index (κ1) is 53.9. The van der Waals surface area contributed by atoms with Crippen molar-refractivity contribution in [3.05, 3.63) is 386 Å². The lowest BCUT2D eigenvalue weighted by Gasteiger charge is -2.36. The van der Waals surface area contributed by atoms with Crippen LogP contribution in [0.3, 0.4) is 0 Å². The lowest BCUT2D eigenvalue weighted by molar-refractivity contribution is 0.771. The van der Waals surface area contributed by atoms with Crippen LogP contribution in [0.15, 0.2) is 364 Å². The van der Waals surface area contributed by atoms with Gasteiger partial charge in [0.2, 0.25) is 0 Å². The first-order valence-corrected chi connectivity index (χ1v) is 32.2. The summed E-state index contributed by atoms with van der Waals surface area (Å²) in [5, 5.41) is 4.94. The Morgan fingerprint density at radius 1 is 0.172 bits per heavy atom. The number of rotatable bonds is 11. The molecule has 0 radical (unpaired) electrons. The Morgan fingerprint density at radius 3 is 0.968 bits per heavy atom. The van der Waals surface area contributed by atoms with Crippen LogP contribution >= 0.6 is 0 Å². The third kappa shape index (κ3) is 8.86. The third-order valence-corrected chi connectivity index (χ3v) is 19.6. The van der Waals surface area contributed by atoms with Gasteiger partial charge in [0.1, 0.15) is 0 Å². The third-order valence-electron chi connectivity index (χ3n) is 19.6. The van der Waals surface area contributed by atoms with Crippen molar-refractivity contribution in [1.82, 2.24) is 9.13 Å². The summed E-state index contributed by atoms with van der Waals surface area (Å²) < 4.78 is 4.84. The van der Waals surface area contributed by atoms with E-state index in [1.165, 1.54) is 155 Å². The van der Waals surface area contributed by atoms with E-state index in [1.54, 1.807) is 0 Å². The van der Waals surface area contributed by atoms with Gasteiger partial charge in [0.05, 0.1) is 27.5 Å². The molecule has 0 spiro atoms. The molecule has 0 atom stereocenters. The number of fused-ring (bicyclic) bond motifs is 9. The van der Waals surface area contributed by atoms with Crippen LogP contribution in [0.2, 0.25) is 0 Å². The fourth-order valence-corrected chi connectivity index (χ4v) is 15.4. The zero-order valence-corrected chi connectivity index (χ0v) is 51.0. The topological polar surface area (TPSA) is 9.86 Å². The summed E-state index contributed by atoms with van der Waals surface area (Å²) >= 11 is 0. The van der Waals surface area contributed by atoms with Crippen molar-refractivity contribution in [1.29, 1.82) is 0 Å².